The highest BCUT2D eigenvalue weighted by Gasteiger charge is 2.32. The van der Waals surface area contributed by atoms with Gasteiger partial charge in [-0.15, -0.1) is 0 Å². The molecule has 0 fully saturated rings. The van der Waals surface area contributed by atoms with Crippen LogP contribution in [0.3, 0.4) is 0 Å². The second-order valence-electron chi connectivity index (χ2n) is 6.72. The van der Waals surface area contributed by atoms with E-state index in [2.05, 4.69) is 45.9 Å². The maximum absolute atomic E-state index is 5.57. The molecule has 2 aromatic carbocycles. The van der Waals surface area contributed by atoms with Crippen molar-refractivity contribution in [3.63, 3.8) is 0 Å². The lowest BCUT2D eigenvalue weighted by atomic mass is 9.89. The van der Waals surface area contributed by atoms with Gasteiger partial charge in [0.15, 0.2) is 0 Å². The highest BCUT2D eigenvalue weighted by molar-refractivity contribution is 5.82. The molecule has 0 spiro atoms. The first-order chi connectivity index (χ1) is 11.0. The van der Waals surface area contributed by atoms with E-state index in [0.717, 1.165) is 0 Å². The maximum Gasteiger partial charge on any atom is 0.0718 e. The SMILES string of the molecule is COCc1c(C)c(C)cc2c1C(COC)c1cc(C)c(C)cc1-2. The molecule has 0 N–H and O–H groups in total. The summed E-state index contributed by atoms with van der Waals surface area (Å²) in [4.78, 5) is 0. The average molecular weight is 310 g/mol. The van der Waals surface area contributed by atoms with Crippen LogP contribution in [0, 0.1) is 27.7 Å². The third-order valence-electron chi connectivity index (χ3n) is 5.32. The smallest absolute Gasteiger partial charge is 0.0718 e. The maximum atomic E-state index is 5.57. The first-order valence-corrected chi connectivity index (χ1v) is 8.22. The number of rotatable bonds is 4. The third-order valence-corrected chi connectivity index (χ3v) is 5.32. The molecule has 0 aliphatic heterocycles. The highest BCUT2D eigenvalue weighted by atomic mass is 16.5. The predicted molar refractivity (Wildman–Crippen MR) is 95.3 cm³/mol. The molecule has 2 aromatic rings. The van der Waals surface area contributed by atoms with Gasteiger partial charge >= 0.3 is 0 Å². The van der Waals surface area contributed by atoms with Crippen molar-refractivity contribution in [2.45, 2.75) is 40.2 Å². The van der Waals surface area contributed by atoms with Gasteiger partial charge < -0.3 is 9.47 Å². The summed E-state index contributed by atoms with van der Waals surface area (Å²) in [6, 6.07) is 7.02. The molecular weight excluding hydrogens is 284 g/mol. The van der Waals surface area contributed by atoms with Gasteiger partial charge in [0.25, 0.3) is 0 Å². The molecule has 0 aromatic heterocycles. The summed E-state index contributed by atoms with van der Waals surface area (Å²) in [6.45, 7) is 10.1. The van der Waals surface area contributed by atoms with E-state index in [1.807, 2.05) is 0 Å². The Morgan fingerprint density at radius 2 is 1.48 bits per heavy atom. The minimum atomic E-state index is 0.300. The molecule has 1 aliphatic rings. The van der Waals surface area contributed by atoms with Crippen LogP contribution in [0.5, 0.6) is 0 Å². The minimum absolute atomic E-state index is 0.300. The lowest BCUT2D eigenvalue weighted by Crippen LogP contribution is -2.10. The Kier molecular flexibility index (Phi) is 4.31. The van der Waals surface area contributed by atoms with E-state index in [1.165, 1.54) is 50.1 Å². The van der Waals surface area contributed by atoms with Crippen LogP contribution < -0.4 is 0 Å². The van der Waals surface area contributed by atoms with Crippen LogP contribution in [-0.4, -0.2) is 20.8 Å². The average Bonchev–Trinajstić information content (AvgIpc) is 2.78. The lowest BCUT2D eigenvalue weighted by Gasteiger charge is -2.19. The summed E-state index contributed by atoms with van der Waals surface area (Å²) in [5.74, 6) is 0.300. The molecule has 2 heteroatoms. The molecule has 1 unspecified atom stereocenters. The van der Waals surface area contributed by atoms with E-state index in [-0.39, 0.29) is 0 Å². The van der Waals surface area contributed by atoms with Crippen LogP contribution in [0.2, 0.25) is 0 Å². The number of hydrogen-bond donors (Lipinski definition) is 0. The second kappa shape index (κ2) is 6.10. The number of hydrogen-bond acceptors (Lipinski definition) is 2. The van der Waals surface area contributed by atoms with Crippen LogP contribution in [0.15, 0.2) is 18.2 Å². The van der Waals surface area contributed by atoms with Gasteiger partial charge in [-0.3, -0.25) is 0 Å². The minimum Gasteiger partial charge on any atom is -0.384 e. The summed E-state index contributed by atoms with van der Waals surface area (Å²) >= 11 is 0. The van der Waals surface area contributed by atoms with E-state index in [9.17, 15) is 0 Å². The Morgan fingerprint density at radius 3 is 2.13 bits per heavy atom. The Balaban J connectivity index is 2.32. The number of methoxy groups -OCH3 is 2. The van der Waals surface area contributed by atoms with E-state index in [4.69, 9.17) is 9.47 Å². The van der Waals surface area contributed by atoms with Gasteiger partial charge in [-0.05, 0) is 77.8 Å². The molecule has 122 valence electrons. The number of benzene rings is 2. The second-order valence-corrected chi connectivity index (χ2v) is 6.72. The Bertz CT molecular complexity index is 759. The molecule has 0 heterocycles. The van der Waals surface area contributed by atoms with Gasteiger partial charge in [0.2, 0.25) is 0 Å². The van der Waals surface area contributed by atoms with E-state index < -0.39 is 0 Å². The highest BCUT2D eigenvalue weighted by Crippen LogP contribution is 2.48. The molecule has 1 aliphatic carbocycles. The van der Waals surface area contributed by atoms with Crippen LogP contribution in [-0.2, 0) is 16.1 Å². The van der Waals surface area contributed by atoms with E-state index in [1.54, 1.807) is 14.2 Å². The quantitative estimate of drug-likeness (QED) is 0.805. The molecule has 0 bridgehead atoms. The van der Waals surface area contributed by atoms with Gasteiger partial charge in [0, 0.05) is 20.1 Å². The molecule has 0 saturated carbocycles. The fraction of sp³-hybridized carbons (Fsp3) is 0.429. The van der Waals surface area contributed by atoms with Crippen molar-refractivity contribution in [3.05, 3.63) is 57.1 Å². The zero-order valence-electron chi connectivity index (χ0n) is 15.0. The normalized spacial score (nSPS) is 15.7. The Labute approximate surface area is 139 Å². The molecule has 3 rings (SSSR count). The number of ether oxygens (including phenoxy) is 2. The summed E-state index contributed by atoms with van der Waals surface area (Å²) in [7, 11) is 3.56. The van der Waals surface area contributed by atoms with Crippen molar-refractivity contribution in [2.75, 3.05) is 20.8 Å². The molecule has 0 amide bonds. The molecule has 1 atom stereocenters. The van der Waals surface area contributed by atoms with Gasteiger partial charge in [-0.25, -0.2) is 0 Å². The third kappa shape index (κ3) is 2.50. The summed E-state index contributed by atoms with van der Waals surface area (Å²) < 4.78 is 11.1. The van der Waals surface area contributed by atoms with Gasteiger partial charge in [-0.2, -0.15) is 0 Å². The van der Waals surface area contributed by atoms with Gasteiger partial charge in [0.1, 0.15) is 0 Å². The fourth-order valence-corrected chi connectivity index (χ4v) is 3.81. The largest absolute Gasteiger partial charge is 0.384 e. The summed E-state index contributed by atoms with van der Waals surface area (Å²) in [5, 5.41) is 0. The van der Waals surface area contributed by atoms with E-state index in [0.29, 0.717) is 19.1 Å². The van der Waals surface area contributed by atoms with Crippen LogP contribution in [0.25, 0.3) is 11.1 Å². The molecular formula is C21H26O2. The summed E-state index contributed by atoms with van der Waals surface area (Å²) in [5.41, 5.74) is 12.2. The number of fused-ring (bicyclic) bond motifs is 3. The van der Waals surface area contributed by atoms with Gasteiger partial charge in [-0.1, -0.05) is 18.2 Å². The van der Waals surface area contributed by atoms with Crippen LogP contribution in [0.4, 0.5) is 0 Å². The zero-order chi connectivity index (χ0) is 16.7. The first-order valence-electron chi connectivity index (χ1n) is 8.22. The fourth-order valence-electron chi connectivity index (χ4n) is 3.81. The van der Waals surface area contributed by atoms with Crippen molar-refractivity contribution >= 4 is 0 Å². The molecule has 0 radical (unpaired) electrons. The van der Waals surface area contributed by atoms with Crippen molar-refractivity contribution in [1.29, 1.82) is 0 Å². The Morgan fingerprint density at radius 1 is 0.826 bits per heavy atom. The van der Waals surface area contributed by atoms with Crippen molar-refractivity contribution in [1.82, 2.24) is 0 Å². The Hall–Kier alpha value is -1.64. The lowest BCUT2D eigenvalue weighted by molar-refractivity contribution is 0.177. The molecule has 2 nitrogen and oxygen atoms in total. The zero-order valence-corrected chi connectivity index (χ0v) is 15.0. The first kappa shape index (κ1) is 16.2. The molecule has 0 saturated heterocycles. The van der Waals surface area contributed by atoms with E-state index >= 15 is 0 Å². The monoisotopic (exact) mass is 310 g/mol. The van der Waals surface area contributed by atoms with Crippen molar-refractivity contribution in [2.24, 2.45) is 0 Å². The van der Waals surface area contributed by atoms with Crippen LogP contribution >= 0.6 is 0 Å². The molecule has 23 heavy (non-hydrogen) atoms. The van der Waals surface area contributed by atoms with Crippen molar-refractivity contribution in [3.8, 4) is 11.1 Å². The van der Waals surface area contributed by atoms with Crippen LogP contribution in [0.1, 0.15) is 44.9 Å². The number of aryl methyl sites for hydroxylation is 3. The topological polar surface area (TPSA) is 18.5 Å². The van der Waals surface area contributed by atoms with Gasteiger partial charge in [0.05, 0.1) is 13.2 Å². The summed E-state index contributed by atoms with van der Waals surface area (Å²) in [6.07, 6.45) is 0. The predicted octanol–water partition coefficient (Wildman–Crippen LogP) is 4.83. The van der Waals surface area contributed by atoms with Crippen molar-refractivity contribution < 1.29 is 9.47 Å². The standard InChI is InChI=1S/C21H26O2/c1-12-7-16-17(8-13(12)2)20(11-23-6)21-18(16)9-14(3)15(4)19(21)10-22-5/h7-9,20H,10-11H2,1-6H3.